The van der Waals surface area contributed by atoms with Crippen molar-refractivity contribution in [2.24, 2.45) is 0 Å². The fraction of sp³-hybridized carbons (Fsp3) is 0.625. The first-order valence-corrected chi connectivity index (χ1v) is 7.29. The second-order valence-corrected chi connectivity index (χ2v) is 4.70. The highest BCUT2D eigenvalue weighted by Gasteiger charge is 1.95. The van der Waals surface area contributed by atoms with E-state index in [9.17, 15) is 0 Å². The van der Waals surface area contributed by atoms with Gasteiger partial charge in [0.1, 0.15) is 12.4 Å². The quantitative estimate of drug-likeness (QED) is 0.637. The van der Waals surface area contributed by atoms with Gasteiger partial charge in [-0.15, -0.1) is 0 Å². The maximum absolute atomic E-state index is 5.68. The maximum atomic E-state index is 5.68. The van der Waals surface area contributed by atoms with E-state index in [0.717, 1.165) is 25.4 Å². The molecule has 0 unspecified atom stereocenters. The molecule has 0 saturated carbocycles. The van der Waals surface area contributed by atoms with E-state index in [-0.39, 0.29) is 0 Å². The van der Waals surface area contributed by atoms with E-state index in [1.807, 2.05) is 0 Å². The highest BCUT2D eigenvalue weighted by atomic mass is 16.5. The Kier molecular flexibility index (Phi) is 8.32. The Bertz CT molecular complexity index is 294. The minimum Gasteiger partial charge on any atom is -0.492 e. The standard InChI is InChI=1S/C16H27NO/c1-3-5-7-15-8-10-16(11-9-15)18-14-13-17-12-6-4-2/h8-11,17H,3-7,12-14H2,1-2H3. The molecule has 1 aromatic carbocycles. The molecule has 1 aromatic rings. The predicted octanol–water partition coefficient (Wildman–Crippen LogP) is 3.80. The summed E-state index contributed by atoms with van der Waals surface area (Å²) in [6.45, 7) is 7.20. The van der Waals surface area contributed by atoms with Crippen molar-refractivity contribution in [3.05, 3.63) is 29.8 Å². The maximum Gasteiger partial charge on any atom is 0.119 e. The molecule has 0 atom stereocenters. The van der Waals surface area contributed by atoms with Crippen LogP contribution in [0, 0.1) is 0 Å². The van der Waals surface area contributed by atoms with Gasteiger partial charge >= 0.3 is 0 Å². The largest absolute Gasteiger partial charge is 0.492 e. The molecule has 1 rings (SSSR count). The van der Waals surface area contributed by atoms with Crippen molar-refractivity contribution in [3.8, 4) is 5.75 Å². The van der Waals surface area contributed by atoms with Crippen molar-refractivity contribution < 1.29 is 4.74 Å². The summed E-state index contributed by atoms with van der Waals surface area (Å²) < 4.78 is 5.68. The van der Waals surface area contributed by atoms with Crippen LogP contribution in [-0.4, -0.2) is 19.7 Å². The predicted molar refractivity (Wildman–Crippen MR) is 78.3 cm³/mol. The molecule has 0 radical (unpaired) electrons. The summed E-state index contributed by atoms with van der Waals surface area (Å²) in [7, 11) is 0. The van der Waals surface area contributed by atoms with E-state index in [0.29, 0.717) is 0 Å². The number of rotatable bonds is 10. The van der Waals surface area contributed by atoms with Crippen LogP contribution in [0.5, 0.6) is 5.75 Å². The number of hydrogen-bond donors (Lipinski definition) is 1. The first kappa shape index (κ1) is 15.0. The smallest absolute Gasteiger partial charge is 0.119 e. The van der Waals surface area contributed by atoms with Crippen LogP contribution in [0.15, 0.2) is 24.3 Å². The zero-order valence-electron chi connectivity index (χ0n) is 11.9. The van der Waals surface area contributed by atoms with Gasteiger partial charge in [0, 0.05) is 6.54 Å². The highest BCUT2D eigenvalue weighted by Crippen LogP contribution is 2.13. The Morgan fingerprint density at radius 2 is 1.67 bits per heavy atom. The summed E-state index contributed by atoms with van der Waals surface area (Å²) in [4.78, 5) is 0. The second kappa shape index (κ2) is 9.95. The van der Waals surface area contributed by atoms with Crippen LogP contribution in [0.4, 0.5) is 0 Å². The normalized spacial score (nSPS) is 10.6. The summed E-state index contributed by atoms with van der Waals surface area (Å²) in [6, 6.07) is 8.51. The first-order chi connectivity index (χ1) is 8.86. The van der Waals surface area contributed by atoms with E-state index < -0.39 is 0 Å². The van der Waals surface area contributed by atoms with Crippen molar-refractivity contribution in [2.75, 3.05) is 19.7 Å². The molecule has 2 nitrogen and oxygen atoms in total. The molecule has 0 bridgehead atoms. The third-order valence-corrected chi connectivity index (χ3v) is 3.00. The van der Waals surface area contributed by atoms with Crippen molar-refractivity contribution in [1.82, 2.24) is 5.32 Å². The molecule has 0 saturated heterocycles. The molecule has 0 fully saturated rings. The number of nitrogens with one attached hydrogen (secondary N) is 1. The number of hydrogen-bond acceptors (Lipinski definition) is 2. The van der Waals surface area contributed by atoms with Crippen LogP contribution in [0.25, 0.3) is 0 Å². The summed E-state index contributed by atoms with van der Waals surface area (Å²) in [5, 5.41) is 3.37. The molecule has 0 aliphatic carbocycles. The number of unbranched alkanes of at least 4 members (excludes halogenated alkanes) is 2. The first-order valence-electron chi connectivity index (χ1n) is 7.29. The number of ether oxygens (including phenoxy) is 1. The van der Waals surface area contributed by atoms with Crippen molar-refractivity contribution in [1.29, 1.82) is 0 Å². The van der Waals surface area contributed by atoms with Gasteiger partial charge in [-0.3, -0.25) is 0 Å². The van der Waals surface area contributed by atoms with Gasteiger partial charge in [0.15, 0.2) is 0 Å². The summed E-state index contributed by atoms with van der Waals surface area (Å²) in [5.74, 6) is 0.979. The SMILES string of the molecule is CCCCNCCOc1ccc(CCCC)cc1. The van der Waals surface area contributed by atoms with Crippen LogP contribution in [-0.2, 0) is 6.42 Å². The van der Waals surface area contributed by atoms with Crippen molar-refractivity contribution >= 4 is 0 Å². The van der Waals surface area contributed by atoms with Gasteiger partial charge in [0.25, 0.3) is 0 Å². The minimum atomic E-state index is 0.748. The van der Waals surface area contributed by atoms with Gasteiger partial charge in [-0.05, 0) is 43.5 Å². The Balaban J connectivity index is 2.14. The molecule has 0 amide bonds. The molecule has 0 heterocycles. The monoisotopic (exact) mass is 249 g/mol. The van der Waals surface area contributed by atoms with E-state index in [1.165, 1.54) is 37.7 Å². The molecule has 0 aliphatic rings. The van der Waals surface area contributed by atoms with Gasteiger partial charge in [0.05, 0.1) is 0 Å². The lowest BCUT2D eigenvalue weighted by atomic mass is 10.1. The lowest BCUT2D eigenvalue weighted by Gasteiger charge is -2.08. The van der Waals surface area contributed by atoms with Gasteiger partial charge in [-0.1, -0.05) is 38.8 Å². The van der Waals surface area contributed by atoms with Crippen LogP contribution >= 0.6 is 0 Å². The molecule has 0 aromatic heterocycles. The van der Waals surface area contributed by atoms with Crippen LogP contribution in [0.1, 0.15) is 45.1 Å². The lowest BCUT2D eigenvalue weighted by Crippen LogP contribution is -2.21. The van der Waals surface area contributed by atoms with Gasteiger partial charge in [-0.25, -0.2) is 0 Å². The summed E-state index contributed by atoms with van der Waals surface area (Å²) in [6.07, 6.45) is 6.18. The topological polar surface area (TPSA) is 21.3 Å². The number of aryl methyl sites for hydroxylation is 1. The Labute approximate surface area is 112 Å². The van der Waals surface area contributed by atoms with Gasteiger partial charge in [-0.2, -0.15) is 0 Å². The molecule has 0 spiro atoms. The van der Waals surface area contributed by atoms with Crippen LogP contribution < -0.4 is 10.1 Å². The fourth-order valence-electron chi connectivity index (χ4n) is 1.80. The van der Waals surface area contributed by atoms with Crippen LogP contribution in [0.3, 0.4) is 0 Å². The molecule has 102 valence electrons. The molecule has 18 heavy (non-hydrogen) atoms. The third-order valence-electron chi connectivity index (χ3n) is 3.00. The minimum absolute atomic E-state index is 0.748. The van der Waals surface area contributed by atoms with E-state index >= 15 is 0 Å². The molecule has 0 aliphatic heterocycles. The van der Waals surface area contributed by atoms with E-state index in [2.05, 4.69) is 43.4 Å². The number of benzene rings is 1. The van der Waals surface area contributed by atoms with Crippen LogP contribution in [0.2, 0.25) is 0 Å². The van der Waals surface area contributed by atoms with Gasteiger partial charge in [0.2, 0.25) is 0 Å². The van der Waals surface area contributed by atoms with Crippen molar-refractivity contribution in [3.63, 3.8) is 0 Å². The Morgan fingerprint density at radius 1 is 0.944 bits per heavy atom. The summed E-state index contributed by atoms with van der Waals surface area (Å²) in [5.41, 5.74) is 1.41. The fourth-order valence-corrected chi connectivity index (χ4v) is 1.80. The second-order valence-electron chi connectivity index (χ2n) is 4.70. The Morgan fingerprint density at radius 3 is 2.33 bits per heavy atom. The molecule has 2 heteroatoms. The average molecular weight is 249 g/mol. The Hall–Kier alpha value is -1.02. The van der Waals surface area contributed by atoms with Crippen molar-refractivity contribution in [2.45, 2.75) is 46.0 Å². The van der Waals surface area contributed by atoms with E-state index in [1.54, 1.807) is 0 Å². The summed E-state index contributed by atoms with van der Waals surface area (Å²) >= 11 is 0. The highest BCUT2D eigenvalue weighted by molar-refractivity contribution is 5.27. The lowest BCUT2D eigenvalue weighted by molar-refractivity contribution is 0.313. The van der Waals surface area contributed by atoms with E-state index in [4.69, 9.17) is 4.74 Å². The zero-order valence-corrected chi connectivity index (χ0v) is 11.9. The zero-order chi connectivity index (χ0) is 13.1. The molecule has 1 N–H and O–H groups in total. The average Bonchev–Trinajstić information content (AvgIpc) is 2.42. The third kappa shape index (κ3) is 6.65. The molecular formula is C16H27NO. The van der Waals surface area contributed by atoms with Gasteiger partial charge < -0.3 is 10.1 Å². The molecular weight excluding hydrogens is 222 g/mol.